The zero-order chi connectivity index (χ0) is 16.0. The summed E-state index contributed by atoms with van der Waals surface area (Å²) in [6.07, 6.45) is 0.444. The van der Waals surface area contributed by atoms with E-state index in [1.807, 2.05) is 26.8 Å². The summed E-state index contributed by atoms with van der Waals surface area (Å²) >= 11 is 0. The van der Waals surface area contributed by atoms with Crippen LogP contribution < -0.4 is 0 Å². The fourth-order valence-electron chi connectivity index (χ4n) is 2.15. The molecule has 0 saturated carbocycles. The molecule has 0 aromatic heterocycles. The van der Waals surface area contributed by atoms with Crippen LogP contribution in [0.1, 0.15) is 41.3 Å². The molecular weight excluding hydrogens is 270 g/mol. The first-order valence-electron chi connectivity index (χ1n) is 7.11. The fraction of sp³-hybridized carbons (Fsp3) is 0.500. The van der Waals surface area contributed by atoms with E-state index in [1.165, 1.54) is 4.90 Å². The molecule has 0 aliphatic carbocycles. The first-order valence-corrected chi connectivity index (χ1v) is 7.11. The number of aliphatic carboxylic acids is 1. The van der Waals surface area contributed by atoms with Crippen molar-refractivity contribution in [1.82, 2.24) is 4.90 Å². The lowest BCUT2D eigenvalue weighted by molar-refractivity contribution is -0.137. The maximum atomic E-state index is 12.6. The SMILES string of the molecule is CCC(CO)N(CCC(=O)O)C(=O)c1ccc(C)c(C)c1. The van der Waals surface area contributed by atoms with E-state index < -0.39 is 5.97 Å². The molecule has 0 saturated heterocycles. The number of rotatable bonds is 7. The van der Waals surface area contributed by atoms with Crippen molar-refractivity contribution in [2.45, 2.75) is 39.7 Å². The Kier molecular flexibility index (Phi) is 6.37. The van der Waals surface area contributed by atoms with Gasteiger partial charge in [-0.3, -0.25) is 9.59 Å². The minimum absolute atomic E-state index is 0.0974. The number of aryl methyl sites for hydroxylation is 2. The zero-order valence-electron chi connectivity index (χ0n) is 12.8. The molecular formula is C16H23NO4. The van der Waals surface area contributed by atoms with Gasteiger partial charge in [-0.2, -0.15) is 0 Å². The largest absolute Gasteiger partial charge is 0.481 e. The smallest absolute Gasteiger partial charge is 0.305 e. The Bertz CT molecular complexity index is 509. The molecule has 1 aromatic carbocycles. The van der Waals surface area contributed by atoms with Gasteiger partial charge in [-0.25, -0.2) is 0 Å². The molecule has 1 rings (SSSR count). The lowest BCUT2D eigenvalue weighted by Gasteiger charge is -2.29. The average molecular weight is 293 g/mol. The molecule has 0 radical (unpaired) electrons. The molecule has 0 aliphatic heterocycles. The van der Waals surface area contributed by atoms with Gasteiger partial charge in [-0.1, -0.05) is 13.0 Å². The molecule has 1 atom stereocenters. The van der Waals surface area contributed by atoms with Crippen LogP contribution in [0.5, 0.6) is 0 Å². The van der Waals surface area contributed by atoms with Crippen molar-refractivity contribution in [3.05, 3.63) is 34.9 Å². The third kappa shape index (κ3) is 4.56. The lowest BCUT2D eigenvalue weighted by atomic mass is 10.0. The van der Waals surface area contributed by atoms with Gasteiger partial charge in [0.25, 0.3) is 5.91 Å². The molecule has 116 valence electrons. The summed E-state index contributed by atoms with van der Waals surface area (Å²) in [5, 5.41) is 18.2. The van der Waals surface area contributed by atoms with Crippen LogP contribution in [0.25, 0.3) is 0 Å². The maximum absolute atomic E-state index is 12.6. The number of hydrogen-bond acceptors (Lipinski definition) is 3. The van der Waals surface area contributed by atoms with Crippen LogP contribution in [0.4, 0.5) is 0 Å². The van der Waals surface area contributed by atoms with Gasteiger partial charge in [0.15, 0.2) is 0 Å². The number of carboxylic acid groups (broad SMARTS) is 1. The second kappa shape index (κ2) is 7.78. The van der Waals surface area contributed by atoms with E-state index in [0.29, 0.717) is 12.0 Å². The first-order chi connectivity index (χ1) is 9.90. The Balaban J connectivity index is 3.02. The molecule has 0 heterocycles. The summed E-state index contributed by atoms with van der Waals surface area (Å²) in [7, 11) is 0. The van der Waals surface area contributed by atoms with Gasteiger partial charge < -0.3 is 15.1 Å². The summed E-state index contributed by atoms with van der Waals surface area (Å²) in [5.41, 5.74) is 2.63. The zero-order valence-corrected chi connectivity index (χ0v) is 12.8. The van der Waals surface area contributed by atoms with Gasteiger partial charge in [0.2, 0.25) is 0 Å². The van der Waals surface area contributed by atoms with Gasteiger partial charge in [-0.05, 0) is 43.5 Å². The number of hydrogen-bond donors (Lipinski definition) is 2. The molecule has 0 bridgehead atoms. The van der Waals surface area contributed by atoms with E-state index in [1.54, 1.807) is 12.1 Å². The molecule has 1 amide bonds. The van der Waals surface area contributed by atoms with Crippen molar-refractivity contribution in [2.24, 2.45) is 0 Å². The number of aliphatic hydroxyl groups is 1. The van der Waals surface area contributed by atoms with Gasteiger partial charge in [-0.15, -0.1) is 0 Å². The number of carbonyl (C=O) groups excluding carboxylic acids is 1. The first kappa shape index (κ1) is 17.2. The maximum Gasteiger partial charge on any atom is 0.305 e. The van der Waals surface area contributed by atoms with Crippen molar-refractivity contribution in [3.8, 4) is 0 Å². The molecule has 0 fully saturated rings. The molecule has 0 spiro atoms. The lowest BCUT2D eigenvalue weighted by Crippen LogP contribution is -2.43. The predicted octanol–water partition coefficient (Wildman–Crippen LogP) is 1.99. The van der Waals surface area contributed by atoms with Crippen LogP contribution >= 0.6 is 0 Å². The number of amides is 1. The van der Waals surface area contributed by atoms with Crippen molar-refractivity contribution in [3.63, 3.8) is 0 Å². The summed E-state index contributed by atoms with van der Waals surface area (Å²) < 4.78 is 0. The Morgan fingerprint density at radius 2 is 1.90 bits per heavy atom. The summed E-state index contributed by atoms with van der Waals surface area (Å²) in [6.45, 7) is 5.68. The van der Waals surface area contributed by atoms with Gasteiger partial charge in [0.05, 0.1) is 19.1 Å². The standard InChI is InChI=1S/C16H23NO4/c1-4-14(10-18)17(8-7-15(19)20)16(21)13-6-5-11(2)12(3)9-13/h5-6,9,14,18H,4,7-8,10H2,1-3H3,(H,19,20). The van der Waals surface area contributed by atoms with Crippen LogP contribution in [0.15, 0.2) is 18.2 Å². The van der Waals surface area contributed by atoms with E-state index in [0.717, 1.165) is 11.1 Å². The third-order valence-electron chi connectivity index (χ3n) is 3.70. The van der Waals surface area contributed by atoms with Crippen LogP contribution in [0.3, 0.4) is 0 Å². The van der Waals surface area contributed by atoms with Gasteiger partial charge >= 0.3 is 5.97 Å². The van der Waals surface area contributed by atoms with Crippen LogP contribution in [-0.4, -0.2) is 46.2 Å². The van der Waals surface area contributed by atoms with Crippen LogP contribution in [0.2, 0.25) is 0 Å². The Morgan fingerprint density at radius 3 is 2.38 bits per heavy atom. The number of carboxylic acids is 1. The number of benzene rings is 1. The van der Waals surface area contributed by atoms with Crippen molar-refractivity contribution in [1.29, 1.82) is 0 Å². The predicted molar refractivity (Wildman–Crippen MR) is 80.4 cm³/mol. The highest BCUT2D eigenvalue weighted by molar-refractivity contribution is 5.95. The number of nitrogens with zero attached hydrogens (tertiary/aromatic N) is 1. The minimum atomic E-state index is -0.958. The quantitative estimate of drug-likeness (QED) is 0.806. The topological polar surface area (TPSA) is 77.8 Å². The van der Waals surface area contributed by atoms with Crippen LogP contribution in [0, 0.1) is 13.8 Å². The molecule has 21 heavy (non-hydrogen) atoms. The molecule has 5 nitrogen and oxygen atoms in total. The van der Waals surface area contributed by atoms with E-state index in [-0.39, 0.29) is 31.5 Å². The van der Waals surface area contributed by atoms with E-state index in [4.69, 9.17) is 5.11 Å². The van der Waals surface area contributed by atoms with Crippen molar-refractivity contribution in [2.75, 3.05) is 13.2 Å². The average Bonchev–Trinajstić information content (AvgIpc) is 2.45. The van der Waals surface area contributed by atoms with Crippen molar-refractivity contribution < 1.29 is 19.8 Å². The highest BCUT2D eigenvalue weighted by Crippen LogP contribution is 2.15. The monoisotopic (exact) mass is 293 g/mol. The number of carbonyl (C=O) groups is 2. The fourth-order valence-corrected chi connectivity index (χ4v) is 2.15. The second-order valence-electron chi connectivity index (χ2n) is 5.19. The molecule has 0 aliphatic rings. The van der Waals surface area contributed by atoms with E-state index >= 15 is 0 Å². The van der Waals surface area contributed by atoms with Gasteiger partial charge in [0, 0.05) is 12.1 Å². The molecule has 5 heteroatoms. The molecule has 1 unspecified atom stereocenters. The number of aliphatic hydroxyl groups excluding tert-OH is 1. The Labute approximate surface area is 125 Å². The molecule has 1 aromatic rings. The Hall–Kier alpha value is -1.88. The third-order valence-corrected chi connectivity index (χ3v) is 3.70. The minimum Gasteiger partial charge on any atom is -0.481 e. The highest BCUT2D eigenvalue weighted by atomic mass is 16.4. The normalized spacial score (nSPS) is 12.0. The van der Waals surface area contributed by atoms with E-state index in [9.17, 15) is 14.7 Å². The van der Waals surface area contributed by atoms with Crippen LogP contribution in [-0.2, 0) is 4.79 Å². The van der Waals surface area contributed by atoms with E-state index in [2.05, 4.69) is 0 Å². The van der Waals surface area contributed by atoms with Gasteiger partial charge in [0.1, 0.15) is 0 Å². The summed E-state index contributed by atoms with van der Waals surface area (Å²) in [6, 6.07) is 5.05. The van der Waals surface area contributed by atoms with Crippen molar-refractivity contribution >= 4 is 11.9 Å². The highest BCUT2D eigenvalue weighted by Gasteiger charge is 2.23. The molecule has 2 N–H and O–H groups in total. The Morgan fingerprint density at radius 1 is 1.24 bits per heavy atom. The summed E-state index contributed by atoms with van der Waals surface area (Å²) in [4.78, 5) is 24.8. The summed E-state index contributed by atoms with van der Waals surface area (Å²) in [5.74, 6) is -1.19. The second-order valence-corrected chi connectivity index (χ2v) is 5.19.